The molecule has 0 amide bonds. The molecule has 1 heterocycles. The maximum atomic E-state index is 4.53. The molecule has 20 heavy (non-hydrogen) atoms. The van der Waals surface area contributed by atoms with E-state index in [1.165, 1.54) is 42.7 Å². The van der Waals surface area contributed by atoms with E-state index in [-0.39, 0.29) is 0 Å². The Labute approximate surface area is 120 Å². The summed E-state index contributed by atoms with van der Waals surface area (Å²) in [6.07, 6.45) is 4.59. The largest absolute Gasteiger partial charge is 0.372 e. The van der Waals surface area contributed by atoms with E-state index in [4.69, 9.17) is 0 Å². The van der Waals surface area contributed by atoms with Gasteiger partial charge < -0.3 is 4.90 Å². The van der Waals surface area contributed by atoms with Gasteiger partial charge in [0.25, 0.3) is 0 Å². The van der Waals surface area contributed by atoms with Crippen molar-refractivity contribution in [3.63, 3.8) is 0 Å². The molecule has 102 valence electrons. The minimum atomic E-state index is 0.996. The monoisotopic (exact) mass is 264 g/mol. The molecule has 0 bridgehead atoms. The van der Waals surface area contributed by atoms with E-state index >= 15 is 0 Å². The Morgan fingerprint density at radius 3 is 2.45 bits per heavy atom. The van der Waals surface area contributed by atoms with Crippen molar-refractivity contribution >= 4 is 17.6 Å². The van der Waals surface area contributed by atoms with Gasteiger partial charge in [-0.3, -0.25) is 4.99 Å². The highest BCUT2D eigenvalue weighted by atomic mass is 15.1. The normalized spacial score (nSPS) is 15.2. The van der Waals surface area contributed by atoms with Crippen LogP contribution < -0.4 is 4.90 Å². The van der Waals surface area contributed by atoms with Crippen LogP contribution in [0.2, 0.25) is 0 Å². The van der Waals surface area contributed by atoms with Gasteiger partial charge in [-0.05, 0) is 55.2 Å². The highest BCUT2D eigenvalue weighted by Crippen LogP contribution is 2.22. The Balaban J connectivity index is 1.79. The third kappa shape index (κ3) is 2.90. The number of para-hydroxylation sites is 1. The Hall–Kier alpha value is -2.09. The summed E-state index contributed by atoms with van der Waals surface area (Å²) in [4.78, 5) is 6.99. The van der Waals surface area contributed by atoms with Crippen molar-refractivity contribution in [3.05, 3.63) is 59.7 Å². The number of anilines is 1. The van der Waals surface area contributed by atoms with Crippen LogP contribution in [-0.2, 0) is 0 Å². The number of hydrogen-bond donors (Lipinski definition) is 0. The molecule has 1 fully saturated rings. The van der Waals surface area contributed by atoms with Gasteiger partial charge in [-0.2, -0.15) is 0 Å². The molecule has 0 N–H and O–H groups in total. The molecule has 0 unspecified atom stereocenters. The molecule has 0 radical (unpaired) electrons. The van der Waals surface area contributed by atoms with E-state index < -0.39 is 0 Å². The number of nitrogens with zero attached hydrogens (tertiary/aromatic N) is 2. The standard InChI is InChI=1S/C18H20N2/c1-15-13-18(20-11-5-6-12-20)10-9-16(15)14-19-17-7-3-2-4-8-17/h2-4,7-10,13-14H,5-6,11-12H2,1H3. The summed E-state index contributed by atoms with van der Waals surface area (Å²) in [6, 6.07) is 16.7. The molecule has 0 atom stereocenters. The zero-order valence-electron chi connectivity index (χ0n) is 11.9. The van der Waals surface area contributed by atoms with E-state index in [9.17, 15) is 0 Å². The molecule has 1 saturated heterocycles. The van der Waals surface area contributed by atoms with Crippen LogP contribution in [0.5, 0.6) is 0 Å². The molecule has 0 saturated carbocycles. The van der Waals surface area contributed by atoms with Gasteiger partial charge in [0, 0.05) is 25.0 Å². The average Bonchev–Trinajstić information content (AvgIpc) is 3.01. The fraction of sp³-hybridized carbons (Fsp3) is 0.278. The summed E-state index contributed by atoms with van der Waals surface area (Å²) in [6.45, 7) is 4.54. The van der Waals surface area contributed by atoms with Crippen LogP contribution in [0.15, 0.2) is 53.5 Å². The van der Waals surface area contributed by atoms with Crippen LogP contribution in [0.4, 0.5) is 11.4 Å². The Kier molecular flexibility index (Phi) is 3.82. The summed E-state index contributed by atoms with van der Waals surface area (Å²) in [5.41, 5.74) is 4.82. The molecule has 0 aliphatic carbocycles. The molecule has 0 spiro atoms. The molecule has 1 aliphatic rings. The Bertz CT molecular complexity index is 596. The van der Waals surface area contributed by atoms with Gasteiger partial charge in [-0.25, -0.2) is 0 Å². The summed E-state index contributed by atoms with van der Waals surface area (Å²) in [7, 11) is 0. The molecule has 1 aliphatic heterocycles. The molecule has 2 nitrogen and oxygen atoms in total. The van der Waals surface area contributed by atoms with E-state index in [2.05, 4.69) is 35.0 Å². The van der Waals surface area contributed by atoms with Crippen LogP contribution in [0.1, 0.15) is 24.0 Å². The topological polar surface area (TPSA) is 15.6 Å². The van der Waals surface area contributed by atoms with Gasteiger partial charge in [-0.15, -0.1) is 0 Å². The molecule has 0 aromatic heterocycles. The van der Waals surface area contributed by atoms with Crippen LogP contribution in [-0.4, -0.2) is 19.3 Å². The summed E-state index contributed by atoms with van der Waals surface area (Å²) in [5, 5.41) is 0. The third-order valence-corrected chi connectivity index (χ3v) is 3.83. The van der Waals surface area contributed by atoms with Crippen LogP contribution in [0.3, 0.4) is 0 Å². The number of benzene rings is 2. The second-order valence-electron chi connectivity index (χ2n) is 5.33. The fourth-order valence-corrected chi connectivity index (χ4v) is 2.63. The first-order valence-corrected chi connectivity index (χ1v) is 7.28. The predicted octanol–water partition coefficient (Wildman–Crippen LogP) is 4.35. The van der Waals surface area contributed by atoms with Crippen molar-refractivity contribution in [3.8, 4) is 0 Å². The molecule has 2 aromatic carbocycles. The average molecular weight is 264 g/mol. The van der Waals surface area contributed by atoms with E-state index in [0.717, 1.165) is 5.69 Å². The number of rotatable bonds is 3. The summed E-state index contributed by atoms with van der Waals surface area (Å²) < 4.78 is 0. The van der Waals surface area contributed by atoms with Gasteiger partial charge >= 0.3 is 0 Å². The van der Waals surface area contributed by atoms with Crippen molar-refractivity contribution in [2.45, 2.75) is 19.8 Å². The van der Waals surface area contributed by atoms with Crippen molar-refractivity contribution in [1.82, 2.24) is 0 Å². The zero-order chi connectivity index (χ0) is 13.8. The molecular weight excluding hydrogens is 244 g/mol. The smallest absolute Gasteiger partial charge is 0.0629 e. The first-order chi connectivity index (χ1) is 9.83. The minimum Gasteiger partial charge on any atom is -0.372 e. The molecular formula is C18H20N2. The minimum absolute atomic E-state index is 0.996. The highest BCUT2D eigenvalue weighted by Gasteiger charge is 2.12. The predicted molar refractivity (Wildman–Crippen MR) is 86.3 cm³/mol. The van der Waals surface area contributed by atoms with Crippen molar-refractivity contribution in [2.24, 2.45) is 4.99 Å². The fourth-order valence-electron chi connectivity index (χ4n) is 2.63. The van der Waals surface area contributed by atoms with Crippen molar-refractivity contribution in [1.29, 1.82) is 0 Å². The Morgan fingerprint density at radius 1 is 1.00 bits per heavy atom. The van der Waals surface area contributed by atoms with Crippen LogP contribution in [0.25, 0.3) is 0 Å². The van der Waals surface area contributed by atoms with E-state index in [1.807, 2.05) is 36.5 Å². The highest BCUT2D eigenvalue weighted by molar-refractivity contribution is 5.84. The molecule has 2 heteroatoms. The van der Waals surface area contributed by atoms with Crippen molar-refractivity contribution < 1.29 is 0 Å². The molecule has 3 rings (SSSR count). The van der Waals surface area contributed by atoms with Gasteiger partial charge in [0.15, 0.2) is 0 Å². The summed E-state index contributed by atoms with van der Waals surface area (Å²) in [5.74, 6) is 0. The second-order valence-corrected chi connectivity index (χ2v) is 5.33. The van der Waals surface area contributed by atoms with Gasteiger partial charge in [0.2, 0.25) is 0 Å². The van der Waals surface area contributed by atoms with Crippen molar-refractivity contribution in [2.75, 3.05) is 18.0 Å². The van der Waals surface area contributed by atoms with Crippen LogP contribution in [0, 0.1) is 6.92 Å². The van der Waals surface area contributed by atoms with Crippen LogP contribution >= 0.6 is 0 Å². The van der Waals surface area contributed by atoms with E-state index in [0.29, 0.717) is 0 Å². The molecule has 2 aromatic rings. The number of hydrogen-bond acceptors (Lipinski definition) is 2. The first kappa shape index (κ1) is 12.9. The number of aryl methyl sites for hydroxylation is 1. The summed E-state index contributed by atoms with van der Waals surface area (Å²) >= 11 is 0. The lowest BCUT2D eigenvalue weighted by atomic mass is 10.1. The van der Waals surface area contributed by atoms with Gasteiger partial charge in [0.05, 0.1) is 5.69 Å². The lowest BCUT2D eigenvalue weighted by molar-refractivity contribution is 0.949. The maximum absolute atomic E-state index is 4.53. The third-order valence-electron chi connectivity index (χ3n) is 3.83. The van der Waals surface area contributed by atoms with Gasteiger partial charge in [0.1, 0.15) is 0 Å². The van der Waals surface area contributed by atoms with Gasteiger partial charge in [-0.1, -0.05) is 24.3 Å². The lowest BCUT2D eigenvalue weighted by Crippen LogP contribution is -2.17. The second kappa shape index (κ2) is 5.91. The SMILES string of the molecule is Cc1cc(N2CCCC2)ccc1C=Nc1ccccc1. The van der Waals surface area contributed by atoms with E-state index in [1.54, 1.807) is 0 Å². The zero-order valence-corrected chi connectivity index (χ0v) is 11.9. The quantitative estimate of drug-likeness (QED) is 0.753. The Morgan fingerprint density at radius 2 is 1.75 bits per heavy atom. The first-order valence-electron chi connectivity index (χ1n) is 7.28. The number of aliphatic imine (C=N–C) groups is 1. The lowest BCUT2D eigenvalue weighted by Gasteiger charge is -2.18. The maximum Gasteiger partial charge on any atom is 0.0629 e.